The van der Waals surface area contributed by atoms with E-state index >= 15 is 0 Å². The summed E-state index contributed by atoms with van der Waals surface area (Å²) in [5.74, 6) is 0.657. The SMILES string of the molecule is Nc1ccccc1NC(=O)CCCCCC(=O)NCC1CCN(Cc2ccccc2)CC1. The van der Waals surface area contributed by atoms with Gasteiger partial charge in [0.15, 0.2) is 0 Å². The number of carbonyl (C=O) groups is 2. The molecule has 4 N–H and O–H groups in total. The molecule has 1 fully saturated rings. The van der Waals surface area contributed by atoms with E-state index in [9.17, 15) is 9.59 Å². The van der Waals surface area contributed by atoms with Crippen LogP contribution in [0.1, 0.15) is 50.5 Å². The topological polar surface area (TPSA) is 87.5 Å². The first kappa shape index (κ1) is 23.8. The molecule has 6 heteroatoms. The fourth-order valence-corrected chi connectivity index (χ4v) is 4.11. The minimum atomic E-state index is -0.0361. The second kappa shape index (κ2) is 12.9. The van der Waals surface area contributed by atoms with E-state index in [1.807, 2.05) is 12.1 Å². The smallest absolute Gasteiger partial charge is 0.224 e. The molecule has 0 saturated carbocycles. The van der Waals surface area contributed by atoms with Gasteiger partial charge >= 0.3 is 0 Å². The molecule has 2 amide bonds. The summed E-state index contributed by atoms with van der Waals surface area (Å²) >= 11 is 0. The Kier molecular flexibility index (Phi) is 9.57. The highest BCUT2D eigenvalue weighted by atomic mass is 16.2. The fourth-order valence-electron chi connectivity index (χ4n) is 4.11. The lowest BCUT2D eigenvalue weighted by atomic mass is 9.96. The normalized spacial score (nSPS) is 14.8. The van der Waals surface area contributed by atoms with E-state index in [1.54, 1.807) is 12.1 Å². The molecule has 172 valence electrons. The Bertz CT molecular complexity index is 848. The lowest BCUT2D eigenvalue weighted by Crippen LogP contribution is -2.38. The van der Waals surface area contributed by atoms with Crippen LogP contribution in [0.3, 0.4) is 0 Å². The summed E-state index contributed by atoms with van der Waals surface area (Å²) in [5.41, 5.74) is 8.42. The van der Waals surface area contributed by atoms with Gasteiger partial charge in [-0.1, -0.05) is 48.9 Å². The second-order valence-electron chi connectivity index (χ2n) is 8.71. The van der Waals surface area contributed by atoms with Gasteiger partial charge in [0.05, 0.1) is 11.4 Å². The van der Waals surface area contributed by atoms with Crippen LogP contribution in [0.2, 0.25) is 0 Å². The van der Waals surface area contributed by atoms with E-state index in [-0.39, 0.29) is 11.8 Å². The quantitative estimate of drug-likeness (QED) is 0.364. The molecule has 0 spiro atoms. The molecule has 0 aliphatic carbocycles. The van der Waals surface area contributed by atoms with Gasteiger partial charge in [-0.3, -0.25) is 14.5 Å². The predicted molar refractivity (Wildman–Crippen MR) is 130 cm³/mol. The first-order valence-electron chi connectivity index (χ1n) is 11.8. The predicted octanol–water partition coefficient (Wildman–Crippen LogP) is 4.19. The summed E-state index contributed by atoms with van der Waals surface area (Å²) in [6.07, 6.45) is 5.68. The zero-order chi connectivity index (χ0) is 22.6. The number of anilines is 2. The molecule has 1 heterocycles. The van der Waals surface area contributed by atoms with Crippen molar-refractivity contribution in [3.8, 4) is 0 Å². The lowest BCUT2D eigenvalue weighted by molar-refractivity contribution is -0.121. The summed E-state index contributed by atoms with van der Waals surface area (Å²) in [6.45, 7) is 3.97. The molecule has 0 unspecified atom stereocenters. The van der Waals surface area contributed by atoms with E-state index in [4.69, 9.17) is 5.73 Å². The number of para-hydroxylation sites is 2. The van der Waals surface area contributed by atoms with E-state index in [0.717, 1.165) is 58.3 Å². The Morgan fingerprint density at radius 2 is 1.53 bits per heavy atom. The van der Waals surface area contributed by atoms with E-state index in [1.165, 1.54) is 5.56 Å². The number of nitrogen functional groups attached to an aromatic ring is 1. The number of nitrogens with zero attached hydrogens (tertiary/aromatic N) is 1. The van der Waals surface area contributed by atoms with Gasteiger partial charge in [-0.2, -0.15) is 0 Å². The molecule has 1 aliphatic heterocycles. The number of hydrogen-bond acceptors (Lipinski definition) is 4. The molecule has 2 aromatic rings. The van der Waals surface area contributed by atoms with Gasteiger partial charge in [0.2, 0.25) is 11.8 Å². The van der Waals surface area contributed by atoms with Crippen LogP contribution in [-0.2, 0) is 16.1 Å². The van der Waals surface area contributed by atoms with Crippen LogP contribution in [0.4, 0.5) is 11.4 Å². The van der Waals surface area contributed by atoms with Crippen molar-refractivity contribution in [3.63, 3.8) is 0 Å². The van der Waals surface area contributed by atoms with Gasteiger partial charge in [-0.15, -0.1) is 0 Å². The molecule has 1 saturated heterocycles. The number of unbranched alkanes of at least 4 members (excludes halogenated alkanes) is 2. The maximum absolute atomic E-state index is 12.2. The summed E-state index contributed by atoms with van der Waals surface area (Å²) in [7, 11) is 0. The van der Waals surface area contributed by atoms with E-state index in [0.29, 0.717) is 30.1 Å². The number of nitrogens with two attached hydrogens (primary N) is 1. The van der Waals surface area contributed by atoms with Gasteiger partial charge in [-0.05, 0) is 62.4 Å². The highest BCUT2D eigenvalue weighted by Crippen LogP contribution is 2.19. The molecule has 0 atom stereocenters. The van der Waals surface area contributed by atoms with Crippen molar-refractivity contribution in [1.29, 1.82) is 0 Å². The van der Waals surface area contributed by atoms with Crippen LogP contribution < -0.4 is 16.4 Å². The van der Waals surface area contributed by atoms with Crippen LogP contribution in [-0.4, -0.2) is 36.3 Å². The first-order chi connectivity index (χ1) is 15.6. The molecular formula is C26H36N4O2. The first-order valence-corrected chi connectivity index (χ1v) is 11.8. The van der Waals surface area contributed by atoms with Gasteiger partial charge in [0, 0.05) is 25.9 Å². The number of piperidine rings is 1. The standard InChI is InChI=1S/C26H36N4O2/c27-23-11-7-8-12-24(23)29-26(32)14-6-2-5-13-25(31)28-19-21-15-17-30(18-16-21)20-22-9-3-1-4-10-22/h1,3-4,7-12,21H,2,5-6,13-20,27H2,(H,28,31)(H,29,32). The number of nitrogens with one attached hydrogen (secondary N) is 2. The maximum atomic E-state index is 12.2. The number of amides is 2. The Labute approximate surface area is 191 Å². The summed E-state index contributed by atoms with van der Waals surface area (Å²) in [5, 5.41) is 5.94. The minimum absolute atomic E-state index is 0.0361. The summed E-state index contributed by atoms with van der Waals surface area (Å²) in [6, 6.07) is 17.8. The number of rotatable bonds is 11. The third-order valence-corrected chi connectivity index (χ3v) is 6.09. The Balaban J connectivity index is 1.20. The molecule has 32 heavy (non-hydrogen) atoms. The summed E-state index contributed by atoms with van der Waals surface area (Å²) in [4.78, 5) is 26.7. The zero-order valence-corrected chi connectivity index (χ0v) is 18.9. The van der Waals surface area contributed by atoms with E-state index in [2.05, 4.69) is 45.9 Å². The van der Waals surface area contributed by atoms with Crippen molar-refractivity contribution < 1.29 is 9.59 Å². The number of benzene rings is 2. The van der Waals surface area contributed by atoms with Gasteiger partial charge < -0.3 is 16.4 Å². The molecule has 0 bridgehead atoms. The van der Waals surface area contributed by atoms with Crippen molar-refractivity contribution in [3.05, 3.63) is 60.2 Å². The third kappa shape index (κ3) is 8.35. The molecule has 0 aromatic heterocycles. The van der Waals surface area contributed by atoms with Crippen molar-refractivity contribution in [2.45, 2.75) is 51.5 Å². The molecule has 3 rings (SSSR count). The molecule has 2 aromatic carbocycles. The monoisotopic (exact) mass is 436 g/mol. The average molecular weight is 437 g/mol. The maximum Gasteiger partial charge on any atom is 0.224 e. The zero-order valence-electron chi connectivity index (χ0n) is 18.9. The van der Waals surface area contributed by atoms with E-state index < -0.39 is 0 Å². The van der Waals surface area contributed by atoms with Crippen LogP contribution in [0.5, 0.6) is 0 Å². The number of hydrogen-bond donors (Lipinski definition) is 3. The highest BCUT2D eigenvalue weighted by Gasteiger charge is 2.19. The van der Waals surface area contributed by atoms with Crippen molar-refractivity contribution >= 4 is 23.2 Å². The highest BCUT2D eigenvalue weighted by molar-refractivity contribution is 5.93. The number of carbonyl (C=O) groups excluding carboxylic acids is 2. The van der Waals surface area contributed by atoms with Crippen LogP contribution in [0.15, 0.2) is 54.6 Å². The van der Waals surface area contributed by atoms with Crippen LogP contribution in [0.25, 0.3) is 0 Å². The van der Waals surface area contributed by atoms with Crippen molar-refractivity contribution in [2.24, 2.45) is 5.92 Å². The Hall–Kier alpha value is -2.86. The Morgan fingerprint density at radius 3 is 2.25 bits per heavy atom. The molecular weight excluding hydrogens is 400 g/mol. The average Bonchev–Trinajstić information content (AvgIpc) is 2.80. The van der Waals surface area contributed by atoms with Crippen LogP contribution >= 0.6 is 0 Å². The van der Waals surface area contributed by atoms with Gasteiger partial charge in [0.1, 0.15) is 0 Å². The lowest BCUT2D eigenvalue weighted by Gasteiger charge is -2.32. The van der Waals surface area contributed by atoms with Gasteiger partial charge in [0.25, 0.3) is 0 Å². The largest absolute Gasteiger partial charge is 0.397 e. The third-order valence-electron chi connectivity index (χ3n) is 6.09. The number of likely N-dealkylation sites (tertiary alicyclic amines) is 1. The molecule has 1 aliphatic rings. The minimum Gasteiger partial charge on any atom is -0.397 e. The van der Waals surface area contributed by atoms with Gasteiger partial charge in [-0.25, -0.2) is 0 Å². The summed E-state index contributed by atoms with van der Waals surface area (Å²) < 4.78 is 0. The van der Waals surface area contributed by atoms with Crippen LogP contribution in [0, 0.1) is 5.92 Å². The second-order valence-corrected chi connectivity index (χ2v) is 8.71. The van der Waals surface area contributed by atoms with Crippen molar-refractivity contribution in [2.75, 3.05) is 30.7 Å². The molecule has 0 radical (unpaired) electrons. The van der Waals surface area contributed by atoms with Crippen molar-refractivity contribution in [1.82, 2.24) is 10.2 Å². The fraction of sp³-hybridized carbons (Fsp3) is 0.462. The molecule has 6 nitrogen and oxygen atoms in total. The Morgan fingerprint density at radius 1 is 0.875 bits per heavy atom.